The fourth-order valence-corrected chi connectivity index (χ4v) is 1.63. The molecule has 88 valence electrons. The van der Waals surface area contributed by atoms with E-state index in [1.807, 2.05) is 32.0 Å². The van der Waals surface area contributed by atoms with Crippen LogP contribution in [-0.4, -0.2) is 17.6 Å². The number of halogens is 1. The van der Waals surface area contributed by atoms with Gasteiger partial charge in [-0.1, -0.05) is 18.1 Å². The van der Waals surface area contributed by atoms with Crippen molar-refractivity contribution in [2.75, 3.05) is 11.9 Å². The van der Waals surface area contributed by atoms with E-state index in [9.17, 15) is 0 Å². The highest BCUT2D eigenvalue weighted by molar-refractivity contribution is 9.10. The Balaban J connectivity index is 2.64. The Bertz CT molecular complexity index is 393. The van der Waals surface area contributed by atoms with Crippen molar-refractivity contribution in [3.63, 3.8) is 0 Å². The molecule has 0 aliphatic heterocycles. The average molecular weight is 286 g/mol. The molecule has 4 N–H and O–H groups in total. The number of amidine groups is 1. The minimum Gasteiger partial charge on any atom is -0.409 e. The summed E-state index contributed by atoms with van der Waals surface area (Å²) < 4.78 is 1.00. The van der Waals surface area contributed by atoms with Crippen molar-refractivity contribution in [2.24, 2.45) is 16.8 Å². The van der Waals surface area contributed by atoms with Crippen molar-refractivity contribution >= 4 is 27.5 Å². The number of hydrogen-bond acceptors (Lipinski definition) is 3. The standard InChI is InChI=1S/C11H16BrN3O/c1-7-3-4-9(12)10(5-7)14-6-8(2)11(13)15-16/h3-5,8,14,16H,6H2,1-2H3,(H2,13,15). The molecule has 1 aromatic carbocycles. The van der Waals surface area contributed by atoms with Crippen LogP contribution in [0.15, 0.2) is 27.8 Å². The molecule has 1 rings (SSSR count). The molecule has 5 heteroatoms. The van der Waals surface area contributed by atoms with Crippen LogP contribution in [0.25, 0.3) is 0 Å². The number of rotatable bonds is 4. The number of nitrogens with one attached hydrogen (secondary N) is 1. The molecular formula is C11H16BrN3O. The minimum atomic E-state index is -0.0163. The first-order chi connectivity index (χ1) is 7.54. The third kappa shape index (κ3) is 3.41. The maximum Gasteiger partial charge on any atom is 0.143 e. The molecule has 0 aliphatic carbocycles. The number of oxime groups is 1. The van der Waals surface area contributed by atoms with Gasteiger partial charge in [0.25, 0.3) is 0 Å². The Morgan fingerprint density at radius 2 is 2.31 bits per heavy atom. The van der Waals surface area contributed by atoms with Crippen LogP contribution in [0.5, 0.6) is 0 Å². The zero-order valence-corrected chi connectivity index (χ0v) is 11.0. The molecule has 0 saturated carbocycles. The smallest absolute Gasteiger partial charge is 0.143 e. The van der Waals surface area contributed by atoms with Gasteiger partial charge in [-0.15, -0.1) is 0 Å². The largest absolute Gasteiger partial charge is 0.409 e. The lowest BCUT2D eigenvalue weighted by atomic mass is 10.1. The Morgan fingerprint density at radius 3 is 2.94 bits per heavy atom. The van der Waals surface area contributed by atoms with Crippen molar-refractivity contribution in [1.82, 2.24) is 0 Å². The maximum absolute atomic E-state index is 8.53. The third-order valence-corrected chi connectivity index (χ3v) is 3.03. The van der Waals surface area contributed by atoms with E-state index < -0.39 is 0 Å². The number of nitrogens with zero attached hydrogens (tertiary/aromatic N) is 1. The number of aryl methyl sites for hydroxylation is 1. The molecule has 0 fully saturated rings. The second kappa shape index (κ2) is 5.75. The van der Waals surface area contributed by atoms with Gasteiger partial charge in [0, 0.05) is 22.6 Å². The average Bonchev–Trinajstić information content (AvgIpc) is 2.28. The highest BCUT2D eigenvalue weighted by Crippen LogP contribution is 2.23. The van der Waals surface area contributed by atoms with E-state index in [4.69, 9.17) is 10.9 Å². The SMILES string of the molecule is Cc1ccc(Br)c(NCC(C)/C(N)=N/O)c1. The zero-order chi connectivity index (χ0) is 12.1. The molecule has 0 aromatic heterocycles. The normalized spacial score (nSPS) is 13.6. The van der Waals surface area contributed by atoms with E-state index in [0.29, 0.717) is 6.54 Å². The zero-order valence-electron chi connectivity index (χ0n) is 9.37. The molecule has 16 heavy (non-hydrogen) atoms. The lowest BCUT2D eigenvalue weighted by Crippen LogP contribution is -2.27. The first-order valence-electron chi connectivity index (χ1n) is 5.02. The van der Waals surface area contributed by atoms with Gasteiger partial charge in [-0.25, -0.2) is 0 Å². The van der Waals surface area contributed by atoms with Crippen molar-refractivity contribution in [1.29, 1.82) is 0 Å². The number of nitrogens with two attached hydrogens (primary N) is 1. The first-order valence-corrected chi connectivity index (χ1v) is 5.81. The van der Waals surface area contributed by atoms with Crippen LogP contribution in [-0.2, 0) is 0 Å². The van der Waals surface area contributed by atoms with Crippen molar-refractivity contribution in [3.05, 3.63) is 28.2 Å². The van der Waals surface area contributed by atoms with E-state index in [1.54, 1.807) is 0 Å². The van der Waals surface area contributed by atoms with Crippen LogP contribution in [0, 0.1) is 12.8 Å². The Labute approximate surface area is 104 Å². The maximum atomic E-state index is 8.53. The van der Waals surface area contributed by atoms with E-state index >= 15 is 0 Å². The molecule has 4 nitrogen and oxygen atoms in total. The summed E-state index contributed by atoms with van der Waals surface area (Å²) in [5.41, 5.74) is 7.69. The fourth-order valence-electron chi connectivity index (χ4n) is 1.24. The van der Waals surface area contributed by atoms with Crippen LogP contribution in [0.1, 0.15) is 12.5 Å². The predicted octanol–water partition coefficient (Wildman–Crippen LogP) is 2.55. The Hall–Kier alpha value is -1.23. The van der Waals surface area contributed by atoms with Crippen LogP contribution in [0.2, 0.25) is 0 Å². The van der Waals surface area contributed by atoms with Gasteiger partial charge in [0.2, 0.25) is 0 Å². The summed E-state index contributed by atoms with van der Waals surface area (Å²) >= 11 is 3.46. The van der Waals surface area contributed by atoms with Crippen LogP contribution < -0.4 is 11.1 Å². The molecule has 1 atom stereocenters. The van der Waals surface area contributed by atoms with Gasteiger partial charge in [-0.05, 0) is 40.5 Å². The second-order valence-electron chi connectivity index (χ2n) is 3.79. The molecule has 0 aliphatic rings. The predicted molar refractivity (Wildman–Crippen MR) is 69.9 cm³/mol. The summed E-state index contributed by atoms with van der Waals surface area (Å²) in [5.74, 6) is 0.216. The minimum absolute atomic E-state index is 0.0163. The highest BCUT2D eigenvalue weighted by Gasteiger charge is 2.08. The summed E-state index contributed by atoms with van der Waals surface area (Å²) in [5, 5.41) is 14.8. The van der Waals surface area contributed by atoms with E-state index in [1.165, 1.54) is 5.56 Å². The quantitative estimate of drug-likeness (QED) is 0.345. The van der Waals surface area contributed by atoms with Gasteiger partial charge >= 0.3 is 0 Å². The number of hydrogen-bond donors (Lipinski definition) is 3. The van der Waals surface area contributed by atoms with Gasteiger partial charge in [0.05, 0.1) is 0 Å². The second-order valence-corrected chi connectivity index (χ2v) is 4.64. The van der Waals surface area contributed by atoms with Crippen LogP contribution >= 0.6 is 15.9 Å². The Morgan fingerprint density at radius 1 is 1.62 bits per heavy atom. The van der Waals surface area contributed by atoms with E-state index in [-0.39, 0.29) is 11.8 Å². The number of benzene rings is 1. The first kappa shape index (κ1) is 12.8. The fraction of sp³-hybridized carbons (Fsp3) is 0.364. The van der Waals surface area contributed by atoms with Crippen molar-refractivity contribution in [2.45, 2.75) is 13.8 Å². The van der Waals surface area contributed by atoms with Gasteiger partial charge < -0.3 is 16.3 Å². The molecule has 0 amide bonds. The lowest BCUT2D eigenvalue weighted by Gasteiger charge is -2.13. The molecular weight excluding hydrogens is 270 g/mol. The molecule has 0 heterocycles. The van der Waals surface area contributed by atoms with Crippen molar-refractivity contribution < 1.29 is 5.21 Å². The molecule has 1 aromatic rings. The van der Waals surface area contributed by atoms with Crippen molar-refractivity contribution in [3.8, 4) is 0 Å². The molecule has 0 spiro atoms. The van der Waals surface area contributed by atoms with Crippen LogP contribution in [0.4, 0.5) is 5.69 Å². The summed E-state index contributed by atoms with van der Waals surface area (Å²) in [6, 6.07) is 6.07. The van der Waals surface area contributed by atoms with Crippen LogP contribution in [0.3, 0.4) is 0 Å². The summed E-state index contributed by atoms with van der Waals surface area (Å²) in [4.78, 5) is 0. The summed E-state index contributed by atoms with van der Waals surface area (Å²) in [6.07, 6.45) is 0. The highest BCUT2D eigenvalue weighted by atomic mass is 79.9. The van der Waals surface area contributed by atoms with Gasteiger partial charge in [-0.2, -0.15) is 0 Å². The molecule has 0 bridgehead atoms. The lowest BCUT2D eigenvalue weighted by molar-refractivity contribution is 0.315. The number of anilines is 1. The van der Waals surface area contributed by atoms with Gasteiger partial charge in [-0.3, -0.25) is 0 Å². The van der Waals surface area contributed by atoms with E-state index in [2.05, 4.69) is 26.4 Å². The molecule has 0 saturated heterocycles. The van der Waals surface area contributed by atoms with Gasteiger partial charge in [0.15, 0.2) is 0 Å². The molecule has 0 radical (unpaired) electrons. The topological polar surface area (TPSA) is 70.6 Å². The third-order valence-electron chi connectivity index (χ3n) is 2.34. The monoisotopic (exact) mass is 285 g/mol. The van der Waals surface area contributed by atoms with E-state index in [0.717, 1.165) is 10.2 Å². The summed E-state index contributed by atoms with van der Waals surface area (Å²) in [6.45, 7) is 4.55. The molecule has 1 unspecified atom stereocenters. The Kier molecular flexibility index (Phi) is 4.61. The van der Waals surface area contributed by atoms with Gasteiger partial charge in [0.1, 0.15) is 5.84 Å². The summed E-state index contributed by atoms with van der Waals surface area (Å²) in [7, 11) is 0.